The summed E-state index contributed by atoms with van der Waals surface area (Å²) < 4.78 is 1.37. The summed E-state index contributed by atoms with van der Waals surface area (Å²) in [4.78, 5) is 20.9. The third-order valence-corrected chi connectivity index (χ3v) is 2.94. The Hall–Kier alpha value is -2.77. The summed E-state index contributed by atoms with van der Waals surface area (Å²) in [5.41, 5.74) is 0.991. The molecule has 1 aromatic heterocycles. The SMILES string of the molecule is O=C(O)CCCCc1cn(-c2ccccc2[N+](=O)[O-])nn1. The van der Waals surface area contributed by atoms with Crippen molar-refractivity contribution < 1.29 is 14.8 Å². The van der Waals surface area contributed by atoms with Crippen LogP contribution in [0.2, 0.25) is 0 Å². The molecule has 0 aliphatic heterocycles. The van der Waals surface area contributed by atoms with E-state index in [2.05, 4.69) is 10.3 Å². The molecule has 1 N–H and O–H groups in total. The number of carboxylic acids is 1. The fourth-order valence-corrected chi connectivity index (χ4v) is 1.93. The summed E-state index contributed by atoms with van der Waals surface area (Å²) in [6.45, 7) is 0. The minimum Gasteiger partial charge on any atom is -0.481 e. The van der Waals surface area contributed by atoms with E-state index in [9.17, 15) is 14.9 Å². The minimum atomic E-state index is -0.821. The molecule has 0 saturated heterocycles. The van der Waals surface area contributed by atoms with Crippen molar-refractivity contribution >= 4 is 11.7 Å². The average Bonchev–Trinajstić information content (AvgIpc) is 2.92. The van der Waals surface area contributed by atoms with E-state index in [-0.39, 0.29) is 12.1 Å². The molecule has 0 fully saturated rings. The topological polar surface area (TPSA) is 111 Å². The van der Waals surface area contributed by atoms with E-state index in [1.807, 2.05) is 0 Å². The second-order valence-corrected chi connectivity index (χ2v) is 4.50. The van der Waals surface area contributed by atoms with Gasteiger partial charge in [0.05, 0.1) is 16.8 Å². The van der Waals surface area contributed by atoms with Gasteiger partial charge in [0.1, 0.15) is 5.69 Å². The Morgan fingerprint density at radius 2 is 2.10 bits per heavy atom. The van der Waals surface area contributed by atoms with Gasteiger partial charge in [-0.25, -0.2) is 4.68 Å². The van der Waals surface area contributed by atoms with Gasteiger partial charge in [0.25, 0.3) is 5.69 Å². The van der Waals surface area contributed by atoms with Crippen LogP contribution in [-0.4, -0.2) is 31.0 Å². The number of aromatic nitrogens is 3. The molecular formula is C13H14N4O4. The fourth-order valence-electron chi connectivity index (χ4n) is 1.93. The highest BCUT2D eigenvalue weighted by Gasteiger charge is 2.15. The molecule has 0 aliphatic carbocycles. The van der Waals surface area contributed by atoms with E-state index in [0.717, 1.165) is 0 Å². The normalized spacial score (nSPS) is 10.5. The molecule has 0 aliphatic rings. The van der Waals surface area contributed by atoms with Gasteiger partial charge in [0, 0.05) is 12.5 Å². The molecule has 0 amide bonds. The lowest BCUT2D eigenvalue weighted by Crippen LogP contribution is -2.00. The molecule has 0 saturated carbocycles. The highest BCUT2D eigenvalue weighted by Crippen LogP contribution is 2.21. The summed E-state index contributed by atoms with van der Waals surface area (Å²) >= 11 is 0. The smallest absolute Gasteiger partial charge is 0.303 e. The zero-order chi connectivity index (χ0) is 15.2. The quantitative estimate of drug-likeness (QED) is 0.474. The summed E-state index contributed by atoms with van der Waals surface area (Å²) in [5, 5.41) is 27.4. The number of nitro benzene ring substituents is 1. The first-order valence-corrected chi connectivity index (χ1v) is 6.45. The zero-order valence-electron chi connectivity index (χ0n) is 11.2. The van der Waals surface area contributed by atoms with E-state index in [1.165, 1.54) is 10.7 Å². The third-order valence-electron chi connectivity index (χ3n) is 2.94. The number of hydrogen-bond donors (Lipinski definition) is 1. The molecule has 0 bridgehead atoms. The van der Waals surface area contributed by atoms with Crippen molar-refractivity contribution in [1.29, 1.82) is 0 Å². The number of aliphatic carboxylic acids is 1. The number of nitro groups is 1. The molecule has 8 nitrogen and oxygen atoms in total. The molecule has 2 aromatic rings. The number of benzene rings is 1. The Labute approximate surface area is 120 Å². The number of carboxylic acid groups (broad SMARTS) is 1. The van der Waals surface area contributed by atoms with Gasteiger partial charge < -0.3 is 5.11 Å². The molecular weight excluding hydrogens is 276 g/mol. The van der Waals surface area contributed by atoms with Gasteiger partial charge in [-0.2, -0.15) is 0 Å². The van der Waals surface area contributed by atoms with Crippen LogP contribution in [0.4, 0.5) is 5.69 Å². The number of carbonyl (C=O) groups is 1. The molecule has 1 aromatic carbocycles. The van der Waals surface area contributed by atoms with E-state index < -0.39 is 10.9 Å². The van der Waals surface area contributed by atoms with E-state index in [4.69, 9.17) is 5.11 Å². The minimum absolute atomic E-state index is 0.0418. The Morgan fingerprint density at radius 3 is 2.81 bits per heavy atom. The number of unbranched alkanes of at least 4 members (excludes halogenated alkanes) is 1. The number of para-hydroxylation sites is 2. The maximum atomic E-state index is 11.0. The van der Waals surface area contributed by atoms with E-state index in [1.54, 1.807) is 24.4 Å². The molecule has 1 heterocycles. The van der Waals surface area contributed by atoms with Crippen LogP contribution in [0.3, 0.4) is 0 Å². The maximum Gasteiger partial charge on any atom is 0.303 e. The van der Waals surface area contributed by atoms with Gasteiger partial charge >= 0.3 is 5.97 Å². The van der Waals surface area contributed by atoms with Gasteiger partial charge in [0.2, 0.25) is 0 Å². The van der Waals surface area contributed by atoms with E-state index in [0.29, 0.717) is 30.6 Å². The first-order chi connectivity index (χ1) is 10.1. The Bertz CT molecular complexity index is 653. The molecule has 2 rings (SSSR count). The molecule has 110 valence electrons. The predicted octanol–water partition coefficient (Wildman–Crippen LogP) is 1.97. The number of hydrogen-bond acceptors (Lipinski definition) is 5. The van der Waals surface area contributed by atoms with Crippen LogP contribution in [0.15, 0.2) is 30.5 Å². The summed E-state index contributed by atoms with van der Waals surface area (Å²) in [7, 11) is 0. The first-order valence-electron chi connectivity index (χ1n) is 6.45. The molecule has 0 unspecified atom stereocenters. The molecule has 21 heavy (non-hydrogen) atoms. The van der Waals surface area contributed by atoms with Crippen molar-refractivity contribution in [2.45, 2.75) is 25.7 Å². The maximum absolute atomic E-state index is 11.0. The van der Waals surface area contributed by atoms with Crippen LogP contribution in [-0.2, 0) is 11.2 Å². The third kappa shape index (κ3) is 3.85. The van der Waals surface area contributed by atoms with Crippen molar-refractivity contribution in [3.63, 3.8) is 0 Å². The van der Waals surface area contributed by atoms with Crippen LogP contribution < -0.4 is 0 Å². The standard InChI is InChI=1S/C13H14N4O4/c18-13(19)8-4-1-5-10-9-16(15-14-10)11-6-2-3-7-12(11)17(20)21/h2-3,6-7,9H,1,4-5,8H2,(H,18,19). The lowest BCUT2D eigenvalue weighted by atomic mass is 10.1. The van der Waals surface area contributed by atoms with Crippen LogP contribution in [0, 0.1) is 10.1 Å². The van der Waals surface area contributed by atoms with Gasteiger partial charge in [-0.05, 0) is 25.3 Å². The molecule has 0 spiro atoms. The van der Waals surface area contributed by atoms with Crippen molar-refractivity contribution in [2.75, 3.05) is 0 Å². The second kappa shape index (κ2) is 6.60. The largest absolute Gasteiger partial charge is 0.481 e. The summed E-state index contributed by atoms with van der Waals surface area (Å²) in [5.74, 6) is -0.821. The van der Waals surface area contributed by atoms with Gasteiger partial charge in [0.15, 0.2) is 0 Å². The molecule has 8 heteroatoms. The first kappa shape index (κ1) is 14.6. The number of rotatable bonds is 7. The van der Waals surface area contributed by atoms with Gasteiger partial charge in [-0.15, -0.1) is 5.10 Å². The summed E-state index contributed by atoms with van der Waals surface area (Å²) in [6.07, 6.45) is 3.59. The summed E-state index contributed by atoms with van der Waals surface area (Å²) in [6, 6.07) is 6.28. The molecule has 0 radical (unpaired) electrons. The Morgan fingerprint density at radius 1 is 1.33 bits per heavy atom. The van der Waals surface area contributed by atoms with Crippen molar-refractivity contribution in [3.05, 3.63) is 46.3 Å². The highest BCUT2D eigenvalue weighted by atomic mass is 16.6. The Kier molecular flexibility index (Phi) is 4.60. The van der Waals surface area contributed by atoms with Crippen LogP contribution in [0.5, 0.6) is 0 Å². The Balaban J connectivity index is 2.06. The predicted molar refractivity (Wildman–Crippen MR) is 73.2 cm³/mol. The zero-order valence-corrected chi connectivity index (χ0v) is 11.2. The monoisotopic (exact) mass is 290 g/mol. The van der Waals surface area contributed by atoms with Crippen molar-refractivity contribution in [2.24, 2.45) is 0 Å². The van der Waals surface area contributed by atoms with Crippen LogP contribution >= 0.6 is 0 Å². The van der Waals surface area contributed by atoms with Crippen LogP contribution in [0.25, 0.3) is 5.69 Å². The second-order valence-electron chi connectivity index (χ2n) is 4.50. The molecule has 0 atom stereocenters. The lowest BCUT2D eigenvalue weighted by molar-refractivity contribution is -0.384. The van der Waals surface area contributed by atoms with Crippen molar-refractivity contribution in [1.82, 2.24) is 15.0 Å². The highest BCUT2D eigenvalue weighted by molar-refractivity contribution is 5.66. The number of aryl methyl sites for hydroxylation is 1. The van der Waals surface area contributed by atoms with E-state index >= 15 is 0 Å². The van der Waals surface area contributed by atoms with Crippen LogP contribution in [0.1, 0.15) is 25.0 Å². The lowest BCUT2D eigenvalue weighted by Gasteiger charge is -2.00. The average molecular weight is 290 g/mol. The van der Waals surface area contributed by atoms with Crippen molar-refractivity contribution in [3.8, 4) is 5.69 Å². The fraction of sp³-hybridized carbons (Fsp3) is 0.308. The van der Waals surface area contributed by atoms with Gasteiger partial charge in [-0.3, -0.25) is 14.9 Å². The number of nitrogens with zero attached hydrogens (tertiary/aromatic N) is 4. The van der Waals surface area contributed by atoms with Gasteiger partial charge in [-0.1, -0.05) is 17.3 Å².